The summed E-state index contributed by atoms with van der Waals surface area (Å²) in [5, 5.41) is 0. The van der Waals surface area contributed by atoms with E-state index in [-0.39, 0.29) is 5.56 Å². The van der Waals surface area contributed by atoms with E-state index < -0.39 is 0 Å². The number of hydrogen-bond acceptors (Lipinski definition) is 4. The van der Waals surface area contributed by atoms with E-state index in [4.69, 9.17) is 4.74 Å². The van der Waals surface area contributed by atoms with Crippen molar-refractivity contribution >= 4 is 0 Å². The molecule has 0 saturated carbocycles. The quantitative estimate of drug-likeness (QED) is 0.770. The molecule has 1 aliphatic heterocycles. The maximum atomic E-state index is 11.7. The van der Waals surface area contributed by atoms with Gasteiger partial charge in [-0.25, -0.2) is 0 Å². The van der Waals surface area contributed by atoms with Gasteiger partial charge in [-0.15, -0.1) is 0 Å². The van der Waals surface area contributed by atoms with E-state index in [1.54, 1.807) is 16.7 Å². The molecule has 0 N–H and O–H groups in total. The predicted molar refractivity (Wildman–Crippen MR) is 100 cm³/mol. The highest BCUT2D eigenvalue weighted by Crippen LogP contribution is 2.16. The SMILES string of the molecule is Cc1ccccc1OCCN1CCN(CCn2ccccc2=O)CC1. The van der Waals surface area contributed by atoms with Crippen LogP contribution in [0.25, 0.3) is 0 Å². The first kappa shape index (κ1) is 17.7. The first-order valence-electron chi connectivity index (χ1n) is 9.01. The Kier molecular flexibility index (Phi) is 6.25. The largest absolute Gasteiger partial charge is 0.492 e. The van der Waals surface area contributed by atoms with Crippen molar-refractivity contribution in [1.29, 1.82) is 0 Å². The topological polar surface area (TPSA) is 37.7 Å². The molecule has 1 saturated heterocycles. The Morgan fingerprint density at radius 2 is 1.56 bits per heavy atom. The Hall–Kier alpha value is -2.11. The zero-order valence-corrected chi connectivity index (χ0v) is 14.9. The monoisotopic (exact) mass is 341 g/mol. The number of rotatable bonds is 7. The zero-order valence-electron chi connectivity index (χ0n) is 14.9. The molecule has 0 amide bonds. The number of aromatic nitrogens is 1. The summed E-state index contributed by atoms with van der Waals surface area (Å²) >= 11 is 0. The molecule has 0 spiro atoms. The van der Waals surface area contributed by atoms with Gasteiger partial charge in [-0.2, -0.15) is 0 Å². The highest BCUT2D eigenvalue weighted by Gasteiger charge is 2.16. The number of pyridine rings is 1. The maximum Gasteiger partial charge on any atom is 0.250 e. The summed E-state index contributed by atoms with van der Waals surface area (Å²) in [5.41, 5.74) is 1.26. The third-order valence-corrected chi connectivity index (χ3v) is 4.78. The van der Waals surface area contributed by atoms with Crippen LogP contribution < -0.4 is 10.3 Å². The molecule has 0 unspecified atom stereocenters. The van der Waals surface area contributed by atoms with Crippen LogP contribution in [0.1, 0.15) is 5.56 Å². The van der Waals surface area contributed by atoms with E-state index in [0.717, 1.165) is 58.2 Å². The van der Waals surface area contributed by atoms with Gasteiger partial charge in [-0.1, -0.05) is 24.3 Å². The summed E-state index contributed by atoms with van der Waals surface area (Å²) in [6.45, 7) is 9.66. The number of nitrogens with zero attached hydrogens (tertiary/aromatic N) is 3. The third kappa shape index (κ3) is 5.18. The number of piperazine rings is 1. The van der Waals surface area contributed by atoms with E-state index in [1.165, 1.54) is 5.56 Å². The lowest BCUT2D eigenvalue weighted by Crippen LogP contribution is -2.48. The second kappa shape index (κ2) is 8.83. The lowest BCUT2D eigenvalue weighted by atomic mass is 10.2. The number of benzene rings is 1. The lowest BCUT2D eigenvalue weighted by molar-refractivity contribution is 0.114. The molecule has 5 heteroatoms. The first-order chi connectivity index (χ1) is 12.2. The van der Waals surface area contributed by atoms with Crippen LogP contribution in [0.3, 0.4) is 0 Å². The van der Waals surface area contributed by atoms with Crippen LogP contribution in [-0.4, -0.2) is 60.2 Å². The molecule has 3 rings (SSSR count). The van der Waals surface area contributed by atoms with Crippen LogP contribution in [-0.2, 0) is 6.54 Å². The third-order valence-electron chi connectivity index (χ3n) is 4.78. The van der Waals surface area contributed by atoms with Gasteiger partial charge in [-0.05, 0) is 24.6 Å². The van der Waals surface area contributed by atoms with E-state index in [2.05, 4.69) is 22.8 Å². The molecule has 0 aliphatic carbocycles. The van der Waals surface area contributed by atoms with Crippen LogP contribution in [0.4, 0.5) is 0 Å². The van der Waals surface area contributed by atoms with Crippen molar-refractivity contribution < 1.29 is 4.74 Å². The normalized spacial score (nSPS) is 16.0. The fourth-order valence-corrected chi connectivity index (χ4v) is 3.13. The van der Waals surface area contributed by atoms with Crippen LogP contribution >= 0.6 is 0 Å². The van der Waals surface area contributed by atoms with Crippen molar-refractivity contribution in [3.8, 4) is 5.75 Å². The summed E-state index contributed by atoms with van der Waals surface area (Å²) in [6.07, 6.45) is 1.86. The van der Waals surface area contributed by atoms with Gasteiger partial charge >= 0.3 is 0 Å². The van der Waals surface area contributed by atoms with Gasteiger partial charge in [0.2, 0.25) is 0 Å². The molecule has 25 heavy (non-hydrogen) atoms. The predicted octanol–water partition coefficient (Wildman–Crippen LogP) is 1.85. The van der Waals surface area contributed by atoms with Gasteiger partial charge < -0.3 is 9.30 Å². The molecule has 0 bridgehead atoms. The van der Waals surface area contributed by atoms with Crippen LogP contribution in [0, 0.1) is 6.92 Å². The van der Waals surface area contributed by atoms with E-state index in [1.807, 2.05) is 30.5 Å². The van der Waals surface area contributed by atoms with Gasteiger partial charge in [0.25, 0.3) is 5.56 Å². The van der Waals surface area contributed by atoms with Crippen molar-refractivity contribution in [3.63, 3.8) is 0 Å². The van der Waals surface area contributed by atoms with Crippen molar-refractivity contribution in [2.24, 2.45) is 0 Å². The van der Waals surface area contributed by atoms with Crippen molar-refractivity contribution in [2.45, 2.75) is 13.5 Å². The molecule has 1 fully saturated rings. The number of hydrogen-bond donors (Lipinski definition) is 0. The minimum Gasteiger partial charge on any atom is -0.492 e. The van der Waals surface area contributed by atoms with Gasteiger partial charge in [0, 0.05) is 58.1 Å². The molecule has 5 nitrogen and oxygen atoms in total. The number of ether oxygens (including phenoxy) is 1. The second-order valence-corrected chi connectivity index (χ2v) is 6.53. The first-order valence-corrected chi connectivity index (χ1v) is 9.01. The van der Waals surface area contributed by atoms with Gasteiger partial charge in [0.1, 0.15) is 12.4 Å². The van der Waals surface area contributed by atoms with Crippen LogP contribution in [0.15, 0.2) is 53.5 Å². The minimum absolute atomic E-state index is 0.0782. The highest BCUT2D eigenvalue weighted by molar-refractivity contribution is 5.31. The molecule has 2 aromatic rings. The zero-order chi connectivity index (χ0) is 17.5. The molecule has 1 aliphatic rings. The van der Waals surface area contributed by atoms with Crippen molar-refractivity contribution in [2.75, 3.05) is 45.9 Å². The standard InChI is InChI=1S/C20H27N3O2/c1-18-6-2-3-7-19(18)25-17-16-22-12-10-21(11-13-22)14-15-23-9-5-4-8-20(23)24/h2-9H,10-17H2,1H3. The van der Waals surface area contributed by atoms with E-state index in [0.29, 0.717) is 0 Å². The second-order valence-electron chi connectivity index (χ2n) is 6.53. The summed E-state index contributed by atoms with van der Waals surface area (Å²) < 4.78 is 7.67. The van der Waals surface area contributed by atoms with Gasteiger partial charge in [-0.3, -0.25) is 14.6 Å². The molecule has 0 atom stereocenters. The van der Waals surface area contributed by atoms with E-state index in [9.17, 15) is 4.79 Å². The summed E-state index contributed by atoms with van der Waals surface area (Å²) in [6, 6.07) is 13.5. The summed E-state index contributed by atoms with van der Waals surface area (Å²) in [5.74, 6) is 0.981. The Bertz CT molecular complexity index is 721. The molecule has 0 radical (unpaired) electrons. The molecule has 1 aromatic carbocycles. The summed E-state index contributed by atoms with van der Waals surface area (Å²) in [4.78, 5) is 16.6. The highest BCUT2D eigenvalue weighted by atomic mass is 16.5. The molecule has 2 heterocycles. The maximum absolute atomic E-state index is 11.7. The van der Waals surface area contributed by atoms with E-state index >= 15 is 0 Å². The summed E-state index contributed by atoms with van der Waals surface area (Å²) in [7, 11) is 0. The van der Waals surface area contributed by atoms with Gasteiger partial charge in [0.15, 0.2) is 0 Å². The minimum atomic E-state index is 0.0782. The lowest BCUT2D eigenvalue weighted by Gasteiger charge is -2.34. The molecular formula is C20H27N3O2. The average molecular weight is 341 g/mol. The van der Waals surface area contributed by atoms with Gasteiger partial charge in [0.05, 0.1) is 0 Å². The average Bonchev–Trinajstić information content (AvgIpc) is 2.64. The van der Waals surface area contributed by atoms with Crippen LogP contribution in [0.5, 0.6) is 5.75 Å². The number of para-hydroxylation sites is 1. The Labute approximate surface area is 149 Å². The van der Waals surface area contributed by atoms with Crippen molar-refractivity contribution in [3.05, 3.63) is 64.6 Å². The number of aryl methyl sites for hydroxylation is 1. The Morgan fingerprint density at radius 1 is 0.880 bits per heavy atom. The molecular weight excluding hydrogens is 314 g/mol. The molecule has 1 aromatic heterocycles. The molecule has 134 valence electrons. The van der Waals surface area contributed by atoms with Crippen LogP contribution in [0.2, 0.25) is 0 Å². The fraction of sp³-hybridized carbons (Fsp3) is 0.450. The Morgan fingerprint density at radius 3 is 2.28 bits per heavy atom. The Balaban J connectivity index is 1.35. The van der Waals surface area contributed by atoms with Crippen molar-refractivity contribution in [1.82, 2.24) is 14.4 Å². The smallest absolute Gasteiger partial charge is 0.250 e. The fourth-order valence-electron chi connectivity index (χ4n) is 3.13.